The molecular formula is C14H22N2O3. The summed E-state index contributed by atoms with van der Waals surface area (Å²) in [6, 6.07) is 2.29. The van der Waals surface area contributed by atoms with Crippen LogP contribution >= 0.6 is 0 Å². The van der Waals surface area contributed by atoms with Crippen LogP contribution in [0, 0.1) is 11.3 Å². The lowest BCUT2D eigenvalue weighted by Crippen LogP contribution is -2.52. The Labute approximate surface area is 114 Å². The zero-order chi connectivity index (χ0) is 14.0. The van der Waals surface area contributed by atoms with Crippen molar-refractivity contribution >= 4 is 5.91 Å². The highest BCUT2D eigenvalue weighted by Gasteiger charge is 2.42. The minimum atomic E-state index is -0.685. The van der Waals surface area contributed by atoms with E-state index < -0.39 is 5.79 Å². The average molecular weight is 266 g/mol. The van der Waals surface area contributed by atoms with Crippen molar-refractivity contribution in [3.63, 3.8) is 0 Å². The van der Waals surface area contributed by atoms with Crippen LogP contribution in [0.4, 0.5) is 0 Å². The van der Waals surface area contributed by atoms with E-state index in [1.807, 2.05) is 18.7 Å². The SMILES string of the molecule is CC(=O)N1CCCC1C1CC(CC#N)OC(C)(C)O1. The van der Waals surface area contributed by atoms with Gasteiger partial charge in [0, 0.05) is 19.9 Å². The molecule has 0 saturated carbocycles. The van der Waals surface area contributed by atoms with Crippen LogP contribution in [0.5, 0.6) is 0 Å². The van der Waals surface area contributed by atoms with Gasteiger partial charge in [-0.25, -0.2) is 0 Å². The van der Waals surface area contributed by atoms with Crippen LogP contribution in [0.2, 0.25) is 0 Å². The van der Waals surface area contributed by atoms with Crippen molar-refractivity contribution in [2.45, 2.75) is 70.5 Å². The monoisotopic (exact) mass is 266 g/mol. The van der Waals surface area contributed by atoms with Gasteiger partial charge in [-0.15, -0.1) is 0 Å². The number of carbonyl (C=O) groups is 1. The Morgan fingerprint density at radius 2 is 2.21 bits per heavy atom. The van der Waals surface area contributed by atoms with E-state index in [0.29, 0.717) is 12.8 Å². The Morgan fingerprint density at radius 3 is 2.84 bits per heavy atom. The third kappa shape index (κ3) is 3.26. The fourth-order valence-electron chi connectivity index (χ4n) is 3.18. The largest absolute Gasteiger partial charge is 0.346 e. The molecule has 19 heavy (non-hydrogen) atoms. The van der Waals surface area contributed by atoms with E-state index in [1.54, 1.807) is 6.92 Å². The number of nitrogens with zero attached hydrogens (tertiary/aromatic N) is 2. The molecule has 2 saturated heterocycles. The Morgan fingerprint density at radius 1 is 1.47 bits per heavy atom. The number of carbonyl (C=O) groups excluding carboxylic acids is 1. The number of likely N-dealkylation sites (tertiary alicyclic amines) is 1. The lowest BCUT2D eigenvalue weighted by atomic mass is 9.98. The summed E-state index contributed by atoms with van der Waals surface area (Å²) >= 11 is 0. The molecule has 3 unspecified atom stereocenters. The first-order valence-corrected chi connectivity index (χ1v) is 6.93. The van der Waals surface area contributed by atoms with Crippen molar-refractivity contribution in [3.8, 4) is 6.07 Å². The maximum Gasteiger partial charge on any atom is 0.219 e. The van der Waals surface area contributed by atoms with Gasteiger partial charge >= 0.3 is 0 Å². The molecule has 0 spiro atoms. The fraction of sp³-hybridized carbons (Fsp3) is 0.857. The van der Waals surface area contributed by atoms with E-state index in [0.717, 1.165) is 19.4 Å². The van der Waals surface area contributed by atoms with Crippen LogP contribution in [0.1, 0.15) is 46.5 Å². The highest BCUT2D eigenvalue weighted by Crippen LogP contribution is 2.34. The predicted octanol–water partition coefficient (Wildman–Crippen LogP) is 1.82. The fourth-order valence-corrected chi connectivity index (χ4v) is 3.18. The number of ether oxygens (including phenoxy) is 2. The summed E-state index contributed by atoms with van der Waals surface area (Å²) in [4.78, 5) is 13.6. The molecule has 2 aliphatic heterocycles. The zero-order valence-corrected chi connectivity index (χ0v) is 11.9. The Kier molecular flexibility index (Phi) is 4.12. The summed E-state index contributed by atoms with van der Waals surface area (Å²) in [6.45, 7) is 6.16. The van der Waals surface area contributed by atoms with Gasteiger partial charge in [-0.3, -0.25) is 4.79 Å². The summed E-state index contributed by atoms with van der Waals surface area (Å²) in [5, 5.41) is 8.85. The lowest BCUT2D eigenvalue weighted by Gasteiger charge is -2.44. The number of nitriles is 1. The molecule has 2 fully saturated rings. The number of hydrogen-bond acceptors (Lipinski definition) is 4. The van der Waals surface area contributed by atoms with Gasteiger partial charge in [0.25, 0.3) is 0 Å². The van der Waals surface area contributed by atoms with Crippen molar-refractivity contribution in [1.82, 2.24) is 4.90 Å². The van der Waals surface area contributed by atoms with Gasteiger partial charge in [0.1, 0.15) is 0 Å². The van der Waals surface area contributed by atoms with Crippen molar-refractivity contribution in [1.29, 1.82) is 5.26 Å². The molecule has 106 valence electrons. The Balaban J connectivity index is 2.10. The second kappa shape index (κ2) is 5.48. The van der Waals surface area contributed by atoms with E-state index in [2.05, 4.69) is 6.07 Å². The molecule has 0 radical (unpaired) electrons. The molecule has 2 heterocycles. The van der Waals surface area contributed by atoms with Gasteiger partial charge in [0.2, 0.25) is 5.91 Å². The molecule has 5 nitrogen and oxygen atoms in total. The second-order valence-corrected chi connectivity index (χ2v) is 5.82. The normalized spacial score (nSPS) is 34.0. The first-order valence-electron chi connectivity index (χ1n) is 6.93. The van der Waals surface area contributed by atoms with Crippen molar-refractivity contribution in [3.05, 3.63) is 0 Å². The van der Waals surface area contributed by atoms with Gasteiger partial charge in [-0.05, 0) is 26.7 Å². The summed E-state index contributed by atoms with van der Waals surface area (Å²) < 4.78 is 11.7. The molecular weight excluding hydrogens is 244 g/mol. The van der Waals surface area contributed by atoms with Gasteiger partial charge in [0.05, 0.1) is 30.7 Å². The third-order valence-electron chi connectivity index (χ3n) is 3.83. The van der Waals surface area contributed by atoms with Crippen LogP contribution in [0.3, 0.4) is 0 Å². The second-order valence-electron chi connectivity index (χ2n) is 5.82. The first-order chi connectivity index (χ1) is 8.93. The van der Waals surface area contributed by atoms with Crippen molar-refractivity contribution in [2.24, 2.45) is 0 Å². The summed E-state index contributed by atoms with van der Waals surface area (Å²) in [7, 11) is 0. The first kappa shape index (κ1) is 14.3. The zero-order valence-electron chi connectivity index (χ0n) is 11.9. The topological polar surface area (TPSA) is 62.6 Å². The van der Waals surface area contributed by atoms with Gasteiger partial charge in [0.15, 0.2) is 5.79 Å². The molecule has 1 amide bonds. The summed E-state index contributed by atoms with van der Waals surface area (Å²) in [6.07, 6.45) is 2.91. The van der Waals surface area contributed by atoms with E-state index in [-0.39, 0.29) is 24.2 Å². The van der Waals surface area contributed by atoms with E-state index in [9.17, 15) is 4.79 Å². The van der Waals surface area contributed by atoms with Crippen LogP contribution in [-0.2, 0) is 14.3 Å². The van der Waals surface area contributed by atoms with Gasteiger partial charge in [-0.2, -0.15) is 5.26 Å². The van der Waals surface area contributed by atoms with E-state index in [1.165, 1.54) is 0 Å². The van der Waals surface area contributed by atoms with Crippen molar-refractivity contribution in [2.75, 3.05) is 6.54 Å². The highest BCUT2D eigenvalue weighted by molar-refractivity contribution is 5.74. The maximum atomic E-state index is 11.7. The van der Waals surface area contributed by atoms with Crippen LogP contribution in [-0.4, -0.2) is 41.4 Å². The van der Waals surface area contributed by atoms with Crippen LogP contribution in [0.25, 0.3) is 0 Å². The maximum absolute atomic E-state index is 11.7. The number of rotatable bonds is 2. The van der Waals surface area contributed by atoms with Crippen molar-refractivity contribution < 1.29 is 14.3 Å². The molecule has 2 aliphatic rings. The molecule has 5 heteroatoms. The minimum Gasteiger partial charge on any atom is -0.346 e. The van der Waals surface area contributed by atoms with E-state index in [4.69, 9.17) is 14.7 Å². The van der Waals surface area contributed by atoms with E-state index >= 15 is 0 Å². The summed E-state index contributed by atoms with van der Waals surface area (Å²) in [5.74, 6) is -0.581. The quantitative estimate of drug-likeness (QED) is 0.765. The Hall–Kier alpha value is -1.12. The molecule has 0 aromatic heterocycles. The molecule has 0 bridgehead atoms. The van der Waals surface area contributed by atoms with Gasteiger partial charge < -0.3 is 14.4 Å². The molecule has 0 aromatic carbocycles. The molecule has 2 rings (SSSR count). The predicted molar refractivity (Wildman–Crippen MR) is 69.1 cm³/mol. The molecule has 0 N–H and O–H groups in total. The number of hydrogen-bond donors (Lipinski definition) is 0. The minimum absolute atomic E-state index is 0.0338. The smallest absolute Gasteiger partial charge is 0.219 e. The number of amides is 1. The molecule has 3 atom stereocenters. The molecule has 0 aromatic rings. The average Bonchev–Trinajstić information content (AvgIpc) is 2.75. The standard InChI is InChI=1S/C14H22N2O3/c1-10(17)16-8-4-5-12(16)13-9-11(6-7-15)18-14(2,3)19-13/h11-13H,4-6,8-9H2,1-3H3. The van der Waals surface area contributed by atoms with Crippen LogP contribution < -0.4 is 0 Å². The highest BCUT2D eigenvalue weighted by atomic mass is 16.7. The lowest BCUT2D eigenvalue weighted by molar-refractivity contribution is -0.305. The van der Waals surface area contributed by atoms with Crippen LogP contribution in [0.15, 0.2) is 0 Å². The Bertz CT molecular complexity index is 389. The molecule has 0 aliphatic carbocycles. The third-order valence-corrected chi connectivity index (χ3v) is 3.83. The summed E-state index contributed by atoms with van der Waals surface area (Å²) in [5.41, 5.74) is 0. The van der Waals surface area contributed by atoms with Gasteiger partial charge in [-0.1, -0.05) is 0 Å².